The zero-order valence-corrected chi connectivity index (χ0v) is 14.7. The topological polar surface area (TPSA) is 12.0 Å². The molecule has 2 rings (SSSR count). The fourth-order valence-electron chi connectivity index (χ4n) is 3.53. The van der Waals surface area contributed by atoms with Crippen LogP contribution in [0.5, 0.6) is 0 Å². The molecule has 0 bridgehead atoms. The molecule has 1 aliphatic rings. The van der Waals surface area contributed by atoms with E-state index in [-0.39, 0.29) is 0 Å². The van der Waals surface area contributed by atoms with Gasteiger partial charge in [-0.25, -0.2) is 0 Å². The van der Waals surface area contributed by atoms with Gasteiger partial charge in [0.05, 0.1) is 0 Å². The van der Waals surface area contributed by atoms with Crippen LogP contribution in [0.2, 0.25) is 5.02 Å². The van der Waals surface area contributed by atoms with Crippen LogP contribution in [0.3, 0.4) is 0 Å². The second kappa shape index (κ2) is 7.15. The maximum Gasteiger partial charge on any atom is 0.0406 e. The van der Waals surface area contributed by atoms with E-state index in [2.05, 4.69) is 45.1 Å². The molecule has 0 unspecified atom stereocenters. The van der Waals surface area contributed by atoms with Crippen LogP contribution in [0.1, 0.15) is 71.4 Å². The van der Waals surface area contributed by atoms with Gasteiger partial charge in [-0.05, 0) is 61.6 Å². The molecule has 1 aromatic rings. The third-order valence-corrected chi connectivity index (χ3v) is 5.85. The lowest BCUT2D eigenvalue weighted by atomic mass is 9.69. The van der Waals surface area contributed by atoms with Gasteiger partial charge in [-0.15, -0.1) is 0 Å². The van der Waals surface area contributed by atoms with Crippen molar-refractivity contribution in [2.24, 2.45) is 11.3 Å². The molecule has 118 valence electrons. The molecule has 1 aliphatic carbocycles. The van der Waals surface area contributed by atoms with E-state index in [0.29, 0.717) is 17.5 Å². The molecule has 0 radical (unpaired) electrons. The normalized spacial score (nSPS) is 24.8. The van der Waals surface area contributed by atoms with Crippen LogP contribution in [0.15, 0.2) is 24.3 Å². The average molecular weight is 308 g/mol. The Morgan fingerprint density at radius 1 is 1.14 bits per heavy atom. The summed E-state index contributed by atoms with van der Waals surface area (Å²) in [5.41, 5.74) is 1.84. The van der Waals surface area contributed by atoms with Gasteiger partial charge in [0, 0.05) is 17.1 Å². The molecule has 21 heavy (non-hydrogen) atoms. The van der Waals surface area contributed by atoms with Crippen molar-refractivity contribution >= 4 is 11.6 Å². The highest BCUT2D eigenvalue weighted by Crippen LogP contribution is 2.40. The van der Waals surface area contributed by atoms with Crippen molar-refractivity contribution in [3.05, 3.63) is 34.9 Å². The number of rotatable bonds is 5. The summed E-state index contributed by atoms with van der Waals surface area (Å²) in [4.78, 5) is 0. The van der Waals surface area contributed by atoms with E-state index in [1.807, 2.05) is 12.1 Å². The summed E-state index contributed by atoms with van der Waals surface area (Å²) < 4.78 is 0. The summed E-state index contributed by atoms with van der Waals surface area (Å²) >= 11 is 5.96. The number of hydrogen-bond acceptors (Lipinski definition) is 1. The van der Waals surface area contributed by atoms with E-state index >= 15 is 0 Å². The second-order valence-electron chi connectivity index (χ2n) is 7.33. The summed E-state index contributed by atoms with van der Waals surface area (Å²) in [7, 11) is 0. The quantitative estimate of drug-likeness (QED) is 0.705. The molecule has 1 saturated carbocycles. The molecular formula is C19H30ClN. The molecular weight excluding hydrogens is 278 g/mol. The first kappa shape index (κ1) is 16.8. The van der Waals surface area contributed by atoms with Crippen LogP contribution in [-0.4, -0.2) is 6.04 Å². The first-order chi connectivity index (χ1) is 9.92. The van der Waals surface area contributed by atoms with Crippen molar-refractivity contribution in [1.29, 1.82) is 0 Å². The maximum atomic E-state index is 5.96. The fraction of sp³-hybridized carbons (Fsp3) is 0.684. The molecule has 0 heterocycles. The van der Waals surface area contributed by atoms with Crippen molar-refractivity contribution in [3.8, 4) is 0 Å². The number of nitrogens with one attached hydrogen (secondary N) is 1. The van der Waals surface area contributed by atoms with Gasteiger partial charge in [-0.1, -0.05) is 50.9 Å². The largest absolute Gasteiger partial charge is 0.307 e. The highest BCUT2D eigenvalue weighted by atomic mass is 35.5. The lowest BCUT2D eigenvalue weighted by Crippen LogP contribution is -2.38. The smallest absolute Gasteiger partial charge is 0.0406 e. The van der Waals surface area contributed by atoms with Crippen LogP contribution in [0.25, 0.3) is 0 Å². The number of halogens is 1. The molecule has 0 amide bonds. The Hall–Kier alpha value is -0.530. The van der Waals surface area contributed by atoms with Gasteiger partial charge < -0.3 is 5.32 Å². The summed E-state index contributed by atoms with van der Waals surface area (Å²) in [6.07, 6.45) is 6.65. The Balaban J connectivity index is 1.84. The van der Waals surface area contributed by atoms with Gasteiger partial charge >= 0.3 is 0 Å². The fourth-order valence-corrected chi connectivity index (χ4v) is 3.66. The van der Waals surface area contributed by atoms with E-state index in [9.17, 15) is 0 Å². The Morgan fingerprint density at radius 2 is 1.71 bits per heavy atom. The first-order valence-corrected chi connectivity index (χ1v) is 8.81. The molecule has 1 atom stereocenters. The molecule has 1 N–H and O–H groups in total. The van der Waals surface area contributed by atoms with E-state index < -0.39 is 0 Å². The Bertz CT molecular complexity index is 429. The SMILES string of the molecule is CCC(C)(C)C1CCC(N[C@H](C)c2ccc(Cl)cc2)CC1. The van der Waals surface area contributed by atoms with E-state index in [0.717, 1.165) is 10.9 Å². The summed E-state index contributed by atoms with van der Waals surface area (Å²) in [6, 6.07) is 9.30. The predicted molar refractivity (Wildman–Crippen MR) is 92.8 cm³/mol. The monoisotopic (exact) mass is 307 g/mol. The van der Waals surface area contributed by atoms with Crippen molar-refractivity contribution in [3.63, 3.8) is 0 Å². The first-order valence-electron chi connectivity index (χ1n) is 8.44. The zero-order valence-electron chi connectivity index (χ0n) is 14.0. The van der Waals surface area contributed by atoms with Crippen LogP contribution in [-0.2, 0) is 0 Å². The Morgan fingerprint density at radius 3 is 2.24 bits per heavy atom. The minimum absolute atomic E-state index is 0.406. The third kappa shape index (κ3) is 4.47. The van der Waals surface area contributed by atoms with E-state index in [4.69, 9.17) is 11.6 Å². The number of benzene rings is 1. The maximum absolute atomic E-state index is 5.96. The Labute approximate surface area is 135 Å². The van der Waals surface area contributed by atoms with Gasteiger partial charge in [0.15, 0.2) is 0 Å². The Kier molecular flexibility index (Phi) is 5.73. The van der Waals surface area contributed by atoms with Crippen LogP contribution in [0.4, 0.5) is 0 Å². The molecule has 1 nitrogen and oxygen atoms in total. The van der Waals surface area contributed by atoms with Crippen molar-refractivity contribution < 1.29 is 0 Å². The van der Waals surface area contributed by atoms with Crippen molar-refractivity contribution in [2.45, 2.75) is 71.9 Å². The second-order valence-corrected chi connectivity index (χ2v) is 7.77. The summed E-state index contributed by atoms with van der Waals surface area (Å²) in [6.45, 7) is 9.45. The van der Waals surface area contributed by atoms with Gasteiger partial charge in [0.1, 0.15) is 0 Å². The van der Waals surface area contributed by atoms with Gasteiger partial charge in [0.25, 0.3) is 0 Å². The highest BCUT2D eigenvalue weighted by Gasteiger charge is 2.32. The summed E-state index contributed by atoms with van der Waals surface area (Å²) in [5, 5.41) is 4.61. The lowest BCUT2D eigenvalue weighted by molar-refractivity contribution is 0.134. The molecule has 1 fully saturated rings. The molecule has 0 saturated heterocycles. The molecule has 2 heteroatoms. The number of hydrogen-bond donors (Lipinski definition) is 1. The van der Waals surface area contributed by atoms with E-state index in [1.165, 1.54) is 37.7 Å². The zero-order chi connectivity index (χ0) is 15.5. The standard InChI is InChI=1S/C19H30ClN/c1-5-19(3,4)16-8-12-18(13-9-16)21-14(2)15-6-10-17(20)11-7-15/h6-7,10-11,14,16,18,21H,5,8-9,12-13H2,1-4H3/t14-,16?,18?/m1/s1. The van der Waals surface area contributed by atoms with E-state index in [1.54, 1.807) is 0 Å². The van der Waals surface area contributed by atoms with Crippen molar-refractivity contribution in [1.82, 2.24) is 5.32 Å². The third-order valence-electron chi connectivity index (χ3n) is 5.60. The highest BCUT2D eigenvalue weighted by molar-refractivity contribution is 6.30. The van der Waals surface area contributed by atoms with Crippen LogP contribution < -0.4 is 5.32 Å². The van der Waals surface area contributed by atoms with Crippen LogP contribution in [0, 0.1) is 11.3 Å². The lowest BCUT2D eigenvalue weighted by Gasteiger charge is -2.39. The van der Waals surface area contributed by atoms with Crippen molar-refractivity contribution in [2.75, 3.05) is 0 Å². The molecule has 0 spiro atoms. The van der Waals surface area contributed by atoms with Gasteiger partial charge in [-0.2, -0.15) is 0 Å². The van der Waals surface area contributed by atoms with Gasteiger partial charge in [0.2, 0.25) is 0 Å². The minimum Gasteiger partial charge on any atom is -0.307 e. The average Bonchev–Trinajstić information content (AvgIpc) is 2.48. The predicted octanol–water partition coefficient (Wildman–Crippen LogP) is 5.99. The summed E-state index contributed by atoms with van der Waals surface area (Å²) in [5.74, 6) is 0.895. The van der Waals surface area contributed by atoms with Gasteiger partial charge in [-0.3, -0.25) is 0 Å². The molecule has 1 aromatic carbocycles. The molecule has 0 aromatic heterocycles. The molecule has 0 aliphatic heterocycles. The minimum atomic E-state index is 0.406. The van der Waals surface area contributed by atoms with Crippen LogP contribution >= 0.6 is 11.6 Å².